The summed E-state index contributed by atoms with van der Waals surface area (Å²) in [6.45, 7) is 7.07. The van der Waals surface area contributed by atoms with Crippen molar-refractivity contribution in [3.63, 3.8) is 0 Å². The molecule has 146 valence electrons. The van der Waals surface area contributed by atoms with Crippen LogP contribution in [0.5, 0.6) is 10.9 Å². The molecule has 0 amide bonds. The van der Waals surface area contributed by atoms with Crippen LogP contribution < -0.4 is 4.74 Å². The lowest BCUT2D eigenvalue weighted by Crippen LogP contribution is -2.14. The molecule has 0 saturated heterocycles. The van der Waals surface area contributed by atoms with Crippen LogP contribution in [0.4, 0.5) is 5.69 Å². The van der Waals surface area contributed by atoms with Crippen LogP contribution in [0.1, 0.15) is 29.4 Å². The Kier molecular flexibility index (Phi) is 7.01. The summed E-state index contributed by atoms with van der Waals surface area (Å²) in [5, 5.41) is 0.560. The molecule has 3 rings (SSSR count). The van der Waals surface area contributed by atoms with Crippen molar-refractivity contribution in [2.75, 3.05) is 13.6 Å². The van der Waals surface area contributed by atoms with E-state index in [1.54, 1.807) is 0 Å². The van der Waals surface area contributed by atoms with E-state index in [1.165, 1.54) is 20.7 Å². The second-order valence-electron chi connectivity index (χ2n) is 6.60. The highest BCUT2D eigenvalue weighted by atomic mass is 127. The van der Waals surface area contributed by atoms with E-state index in [0.717, 1.165) is 34.9 Å². The van der Waals surface area contributed by atoms with Gasteiger partial charge in [0, 0.05) is 35.1 Å². The van der Waals surface area contributed by atoms with Crippen LogP contribution in [-0.2, 0) is 6.42 Å². The average molecular weight is 506 g/mol. The fourth-order valence-electron chi connectivity index (χ4n) is 2.50. The summed E-state index contributed by atoms with van der Waals surface area (Å²) in [5.41, 5.74) is 4.22. The molecule has 0 aliphatic rings. The zero-order chi connectivity index (χ0) is 20.1. The molecule has 1 aromatic heterocycles. The summed E-state index contributed by atoms with van der Waals surface area (Å²) < 4.78 is 11.7. The molecule has 0 radical (unpaired) electrons. The smallest absolute Gasteiger partial charge is 0.298 e. The van der Waals surface area contributed by atoms with Crippen LogP contribution in [-0.4, -0.2) is 34.2 Å². The van der Waals surface area contributed by atoms with E-state index in [1.807, 2.05) is 44.3 Å². The van der Waals surface area contributed by atoms with E-state index >= 15 is 0 Å². The maximum absolute atomic E-state index is 6.01. The van der Waals surface area contributed by atoms with E-state index < -0.39 is 0 Å². The zero-order valence-electron chi connectivity index (χ0n) is 16.4. The zero-order valence-corrected chi connectivity index (χ0v) is 19.4. The van der Waals surface area contributed by atoms with Gasteiger partial charge in [-0.2, -0.15) is 9.36 Å². The number of nitrogens with zero attached hydrogens (tertiary/aromatic N) is 4. The SMILES string of the molecule is CCN(C)C=Nc1cc(C)c(Oc2nc(Cc3ccc(I)cc3)ns2)cc1C. The number of aromatic nitrogens is 2. The van der Waals surface area contributed by atoms with Gasteiger partial charge in [-0.15, -0.1) is 0 Å². The summed E-state index contributed by atoms with van der Waals surface area (Å²) in [6.07, 6.45) is 2.55. The molecule has 0 unspecified atom stereocenters. The molecule has 0 atom stereocenters. The second kappa shape index (κ2) is 9.47. The Labute approximate surface area is 183 Å². The fourth-order valence-corrected chi connectivity index (χ4v) is 3.42. The molecule has 2 aromatic carbocycles. The lowest BCUT2D eigenvalue weighted by atomic mass is 10.1. The van der Waals surface area contributed by atoms with E-state index in [-0.39, 0.29) is 0 Å². The van der Waals surface area contributed by atoms with Crippen molar-refractivity contribution >= 4 is 46.1 Å². The highest BCUT2D eigenvalue weighted by Crippen LogP contribution is 2.32. The molecule has 0 aliphatic carbocycles. The van der Waals surface area contributed by atoms with Crippen LogP contribution in [0, 0.1) is 17.4 Å². The summed E-state index contributed by atoms with van der Waals surface area (Å²) >= 11 is 3.58. The molecule has 28 heavy (non-hydrogen) atoms. The van der Waals surface area contributed by atoms with Crippen molar-refractivity contribution in [2.45, 2.75) is 27.2 Å². The molecule has 0 spiro atoms. The predicted molar refractivity (Wildman–Crippen MR) is 124 cm³/mol. The van der Waals surface area contributed by atoms with Crippen molar-refractivity contribution in [1.82, 2.24) is 14.3 Å². The second-order valence-corrected chi connectivity index (χ2v) is 8.56. The Balaban J connectivity index is 1.71. The standard InChI is InChI=1S/C21H23IN4OS/c1-5-26(4)13-23-18-10-15(3)19(11-14(18)2)27-21-24-20(25-28-21)12-16-6-8-17(22)9-7-16/h6-11,13H,5,12H2,1-4H3. The number of rotatable bonds is 7. The van der Waals surface area contributed by atoms with Gasteiger partial charge in [-0.1, -0.05) is 12.1 Å². The number of hydrogen-bond acceptors (Lipinski definition) is 5. The summed E-state index contributed by atoms with van der Waals surface area (Å²) in [4.78, 5) is 11.1. The fraction of sp³-hybridized carbons (Fsp3) is 0.286. The Morgan fingerprint density at radius 1 is 1.18 bits per heavy atom. The van der Waals surface area contributed by atoms with Gasteiger partial charge >= 0.3 is 0 Å². The summed E-state index contributed by atoms with van der Waals surface area (Å²) in [7, 11) is 2.01. The van der Waals surface area contributed by atoms with Gasteiger partial charge in [-0.05, 0) is 84.3 Å². The molecule has 7 heteroatoms. The number of halogens is 1. The summed E-state index contributed by atoms with van der Waals surface area (Å²) in [5.74, 6) is 1.57. The van der Waals surface area contributed by atoms with Crippen molar-refractivity contribution in [3.8, 4) is 10.9 Å². The molecule has 0 saturated carbocycles. The van der Waals surface area contributed by atoms with Crippen LogP contribution >= 0.6 is 34.1 Å². The Bertz CT molecular complexity index is 969. The first-order valence-electron chi connectivity index (χ1n) is 9.05. The van der Waals surface area contributed by atoms with Crippen molar-refractivity contribution in [3.05, 3.63) is 62.5 Å². The van der Waals surface area contributed by atoms with Gasteiger partial charge in [-0.25, -0.2) is 4.99 Å². The van der Waals surface area contributed by atoms with Crippen LogP contribution in [0.15, 0.2) is 41.4 Å². The highest BCUT2D eigenvalue weighted by Gasteiger charge is 2.11. The monoisotopic (exact) mass is 506 g/mol. The third-order valence-corrected chi connectivity index (χ3v) is 5.66. The highest BCUT2D eigenvalue weighted by molar-refractivity contribution is 14.1. The first kappa shape index (κ1) is 20.7. The van der Waals surface area contributed by atoms with Crippen LogP contribution in [0.3, 0.4) is 0 Å². The third-order valence-electron chi connectivity index (χ3n) is 4.31. The van der Waals surface area contributed by atoms with E-state index in [2.05, 4.69) is 68.1 Å². The van der Waals surface area contributed by atoms with Crippen molar-refractivity contribution < 1.29 is 4.74 Å². The quantitative estimate of drug-likeness (QED) is 0.233. The first-order valence-corrected chi connectivity index (χ1v) is 10.9. The normalized spacial score (nSPS) is 11.2. The van der Waals surface area contributed by atoms with Gasteiger partial charge in [0.05, 0.1) is 12.0 Å². The van der Waals surface area contributed by atoms with Crippen LogP contribution in [0.2, 0.25) is 0 Å². The largest absolute Gasteiger partial charge is 0.430 e. The number of aryl methyl sites for hydroxylation is 2. The van der Waals surface area contributed by atoms with Crippen molar-refractivity contribution in [2.24, 2.45) is 4.99 Å². The van der Waals surface area contributed by atoms with Gasteiger partial charge < -0.3 is 9.64 Å². The van der Waals surface area contributed by atoms with Gasteiger partial charge in [0.2, 0.25) is 0 Å². The molecular weight excluding hydrogens is 483 g/mol. The van der Waals surface area contributed by atoms with Gasteiger partial charge in [0.25, 0.3) is 5.19 Å². The van der Waals surface area contributed by atoms with Crippen molar-refractivity contribution in [1.29, 1.82) is 0 Å². The molecule has 0 aliphatic heterocycles. The first-order chi connectivity index (χ1) is 13.4. The Hall–Kier alpha value is -2.00. The number of hydrogen-bond donors (Lipinski definition) is 0. The van der Waals surface area contributed by atoms with Crippen LogP contribution in [0.25, 0.3) is 0 Å². The molecular formula is C21H23IN4OS. The van der Waals surface area contributed by atoms with Gasteiger partial charge in [-0.3, -0.25) is 0 Å². The molecule has 0 N–H and O–H groups in total. The van der Waals surface area contributed by atoms with Gasteiger partial charge in [0.15, 0.2) is 5.82 Å². The van der Waals surface area contributed by atoms with E-state index in [0.29, 0.717) is 11.6 Å². The average Bonchev–Trinajstić information content (AvgIpc) is 3.11. The minimum absolute atomic E-state index is 0.560. The minimum atomic E-state index is 0.560. The van der Waals surface area contributed by atoms with E-state index in [9.17, 15) is 0 Å². The lowest BCUT2D eigenvalue weighted by Gasteiger charge is -2.11. The lowest BCUT2D eigenvalue weighted by molar-refractivity contribution is 0.473. The van der Waals surface area contributed by atoms with E-state index in [4.69, 9.17) is 4.74 Å². The predicted octanol–water partition coefficient (Wildman–Crippen LogP) is 5.75. The third kappa shape index (κ3) is 5.51. The number of benzene rings is 2. The minimum Gasteiger partial charge on any atom is -0.430 e. The molecule has 0 bridgehead atoms. The molecule has 0 fully saturated rings. The Morgan fingerprint density at radius 2 is 1.93 bits per heavy atom. The Morgan fingerprint density at radius 3 is 2.64 bits per heavy atom. The molecule has 5 nitrogen and oxygen atoms in total. The molecule has 1 heterocycles. The number of aliphatic imine (C=N–C) groups is 1. The molecule has 3 aromatic rings. The maximum Gasteiger partial charge on any atom is 0.298 e. The maximum atomic E-state index is 6.01. The summed E-state index contributed by atoms with van der Waals surface area (Å²) in [6, 6.07) is 12.4. The topological polar surface area (TPSA) is 50.6 Å². The van der Waals surface area contributed by atoms with Gasteiger partial charge in [0.1, 0.15) is 5.75 Å². The number of ether oxygens (including phenoxy) is 1.